The standard InChI is InChI=1S/C23H22FN9/c1-32-13-29-31-23(32)14-6-8-33(9-7-14)21-16(15-2-5-20(24)27-11-15)3-4-17(18(21)10-25)19-12-28-30-22(19)26/h2-5,11-14H,6-9H2,1H3,(H3,26,28,30). The summed E-state index contributed by atoms with van der Waals surface area (Å²) in [5, 5.41) is 25.3. The molecule has 3 N–H and O–H groups in total. The highest BCUT2D eigenvalue weighted by atomic mass is 19.1. The fraction of sp³-hybridized carbons (Fsp3) is 0.261. The fourth-order valence-electron chi connectivity index (χ4n) is 4.56. The first-order valence-corrected chi connectivity index (χ1v) is 10.6. The number of nitrogens with two attached hydrogens (primary N) is 1. The Morgan fingerprint density at radius 2 is 1.94 bits per heavy atom. The second-order valence-corrected chi connectivity index (χ2v) is 8.11. The highest BCUT2D eigenvalue weighted by molar-refractivity contribution is 5.91. The Kier molecular flexibility index (Phi) is 5.22. The lowest BCUT2D eigenvalue weighted by molar-refractivity contribution is 0.474. The number of anilines is 2. The summed E-state index contributed by atoms with van der Waals surface area (Å²) < 4.78 is 15.5. The van der Waals surface area contributed by atoms with Crippen molar-refractivity contribution in [1.29, 1.82) is 5.26 Å². The molecule has 0 aliphatic carbocycles. The maximum Gasteiger partial charge on any atom is 0.212 e. The summed E-state index contributed by atoms with van der Waals surface area (Å²) in [6.07, 6.45) is 6.64. The molecule has 0 amide bonds. The number of H-pyrrole nitrogens is 1. The second-order valence-electron chi connectivity index (χ2n) is 8.11. The van der Waals surface area contributed by atoms with E-state index in [0.29, 0.717) is 28.4 Å². The molecule has 5 rings (SSSR count). The molecule has 0 saturated carbocycles. The van der Waals surface area contributed by atoms with Crippen LogP contribution in [0, 0.1) is 17.3 Å². The third-order valence-corrected chi connectivity index (χ3v) is 6.21. The number of aromatic amines is 1. The van der Waals surface area contributed by atoms with Gasteiger partial charge in [0.1, 0.15) is 18.2 Å². The van der Waals surface area contributed by atoms with Crippen LogP contribution in [-0.2, 0) is 7.05 Å². The molecule has 4 aromatic rings. The van der Waals surface area contributed by atoms with Gasteiger partial charge in [-0.15, -0.1) is 10.2 Å². The lowest BCUT2D eigenvalue weighted by atomic mass is 9.90. The maximum atomic E-state index is 13.5. The number of aromatic nitrogens is 6. The van der Waals surface area contributed by atoms with Gasteiger partial charge in [-0.2, -0.15) is 14.8 Å². The number of nitrogens with one attached hydrogen (secondary N) is 1. The Bertz CT molecular complexity index is 1320. The minimum absolute atomic E-state index is 0.294. The Morgan fingerprint density at radius 3 is 2.55 bits per heavy atom. The zero-order valence-electron chi connectivity index (χ0n) is 18.0. The van der Waals surface area contributed by atoms with E-state index in [0.717, 1.165) is 48.6 Å². The van der Waals surface area contributed by atoms with Crippen LogP contribution >= 0.6 is 0 Å². The number of pyridine rings is 1. The van der Waals surface area contributed by atoms with Crippen molar-refractivity contribution < 1.29 is 4.39 Å². The molecule has 166 valence electrons. The third kappa shape index (κ3) is 3.67. The summed E-state index contributed by atoms with van der Waals surface area (Å²) in [5.41, 5.74) is 10.3. The molecule has 0 bridgehead atoms. The van der Waals surface area contributed by atoms with Crippen molar-refractivity contribution >= 4 is 11.5 Å². The summed E-state index contributed by atoms with van der Waals surface area (Å²) >= 11 is 0. The fourth-order valence-corrected chi connectivity index (χ4v) is 4.56. The van der Waals surface area contributed by atoms with Crippen LogP contribution in [0.15, 0.2) is 43.0 Å². The highest BCUT2D eigenvalue weighted by Crippen LogP contribution is 2.42. The smallest absolute Gasteiger partial charge is 0.212 e. The summed E-state index contributed by atoms with van der Waals surface area (Å²) in [7, 11) is 1.95. The van der Waals surface area contributed by atoms with Crippen molar-refractivity contribution in [1.82, 2.24) is 29.9 Å². The van der Waals surface area contributed by atoms with Gasteiger partial charge in [-0.3, -0.25) is 5.10 Å². The van der Waals surface area contributed by atoms with Crippen molar-refractivity contribution in [2.75, 3.05) is 23.7 Å². The zero-order chi connectivity index (χ0) is 22.9. The van der Waals surface area contributed by atoms with Crippen LogP contribution in [0.3, 0.4) is 0 Å². The SMILES string of the molecule is Cn1cnnc1C1CCN(c2c(-c3ccc(F)nc3)ccc(-c3c[nH]nc3N)c2C#N)CC1. The van der Waals surface area contributed by atoms with Gasteiger partial charge in [-0.25, -0.2) is 4.98 Å². The van der Waals surface area contributed by atoms with Gasteiger partial charge < -0.3 is 15.2 Å². The zero-order valence-corrected chi connectivity index (χ0v) is 18.0. The number of rotatable bonds is 4. The molecule has 9 nitrogen and oxygen atoms in total. The first-order chi connectivity index (χ1) is 16.1. The van der Waals surface area contributed by atoms with E-state index in [1.807, 2.05) is 23.7 Å². The van der Waals surface area contributed by atoms with Crippen LogP contribution in [0.4, 0.5) is 15.9 Å². The van der Waals surface area contributed by atoms with Crippen molar-refractivity contribution in [2.45, 2.75) is 18.8 Å². The molecular formula is C23H22FN9. The van der Waals surface area contributed by atoms with Crippen LogP contribution < -0.4 is 10.6 Å². The summed E-state index contributed by atoms with van der Waals surface area (Å²) in [5.74, 6) is 1.05. The molecule has 4 heterocycles. The van der Waals surface area contributed by atoms with Crippen molar-refractivity contribution in [2.24, 2.45) is 7.05 Å². The van der Waals surface area contributed by atoms with Gasteiger partial charge in [0.25, 0.3) is 0 Å². The Balaban J connectivity index is 1.59. The molecule has 0 atom stereocenters. The van der Waals surface area contributed by atoms with E-state index < -0.39 is 5.95 Å². The molecule has 0 unspecified atom stereocenters. The van der Waals surface area contributed by atoms with E-state index in [4.69, 9.17) is 5.73 Å². The summed E-state index contributed by atoms with van der Waals surface area (Å²) in [4.78, 5) is 6.03. The van der Waals surface area contributed by atoms with Gasteiger partial charge in [0, 0.05) is 60.7 Å². The van der Waals surface area contributed by atoms with Crippen LogP contribution in [0.5, 0.6) is 0 Å². The Hall–Kier alpha value is -4.26. The number of benzene rings is 1. The molecule has 3 aromatic heterocycles. The molecular weight excluding hydrogens is 421 g/mol. The number of hydrogen-bond donors (Lipinski definition) is 2. The van der Waals surface area contributed by atoms with Gasteiger partial charge in [0.2, 0.25) is 5.95 Å². The van der Waals surface area contributed by atoms with Crippen molar-refractivity contribution in [3.05, 3.63) is 60.3 Å². The highest BCUT2D eigenvalue weighted by Gasteiger charge is 2.28. The molecule has 1 aromatic carbocycles. The molecule has 1 aliphatic rings. The van der Waals surface area contributed by atoms with Gasteiger partial charge >= 0.3 is 0 Å². The first kappa shape index (κ1) is 20.6. The lowest BCUT2D eigenvalue weighted by Crippen LogP contribution is -2.34. The van der Waals surface area contributed by atoms with Gasteiger partial charge in [-0.05, 0) is 25.0 Å². The Morgan fingerprint density at radius 1 is 1.15 bits per heavy atom. The molecule has 1 saturated heterocycles. The number of nitrogen functional groups attached to an aromatic ring is 1. The number of halogens is 1. The average molecular weight is 443 g/mol. The van der Waals surface area contributed by atoms with Crippen LogP contribution in [0.1, 0.15) is 30.1 Å². The van der Waals surface area contributed by atoms with E-state index in [9.17, 15) is 9.65 Å². The second kappa shape index (κ2) is 8.35. The molecule has 1 aliphatic heterocycles. The van der Waals surface area contributed by atoms with Gasteiger partial charge in [0.15, 0.2) is 5.82 Å². The van der Waals surface area contributed by atoms with Crippen LogP contribution in [-0.4, -0.2) is 43.0 Å². The van der Waals surface area contributed by atoms with E-state index in [1.165, 1.54) is 12.3 Å². The molecule has 1 fully saturated rings. The number of piperidine rings is 1. The van der Waals surface area contributed by atoms with E-state index in [2.05, 4.69) is 36.3 Å². The maximum absolute atomic E-state index is 13.5. The van der Waals surface area contributed by atoms with Crippen LogP contribution in [0.25, 0.3) is 22.3 Å². The van der Waals surface area contributed by atoms with Crippen molar-refractivity contribution in [3.63, 3.8) is 0 Å². The normalized spacial score (nSPS) is 14.4. The molecule has 33 heavy (non-hydrogen) atoms. The molecule has 0 spiro atoms. The van der Waals surface area contributed by atoms with Crippen molar-refractivity contribution in [3.8, 4) is 28.3 Å². The monoisotopic (exact) mass is 443 g/mol. The first-order valence-electron chi connectivity index (χ1n) is 10.6. The number of aryl methyl sites for hydroxylation is 1. The van der Waals surface area contributed by atoms with E-state index in [-0.39, 0.29) is 0 Å². The number of nitrogens with zero attached hydrogens (tertiary/aromatic N) is 7. The predicted molar refractivity (Wildman–Crippen MR) is 122 cm³/mol. The molecule has 10 heteroatoms. The summed E-state index contributed by atoms with van der Waals surface area (Å²) in [6.45, 7) is 1.47. The topological polar surface area (TPSA) is 125 Å². The quantitative estimate of drug-likeness (QED) is 0.464. The largest absolute Gasteiger partial charge is 0.382 e. The van der Waals surface area contributed by atoms with E-state index in [1.54, 1.807) is 18.6 Å². The third-order valence-electron chi connectivity index (χ3n) is 6.21. The summed E-state index contributed by atoms with van der Waals surface area (Å²) in [6, 6.07) is 9.18. The Labute approximate surface area is 189 Å². The van der Waals surface area contributed by atoms with E-state index >= 15 is 0 Å². The average Bonchev–Trinajstić information content (AvgIpc) is 3.46. The van der Waals surface area contributed by atoms with Crippen LogP contribution in [0.2, 0.25) is 0 Å². The van der Waals surface area contributed by atoms with Gasteiger partial charge in [-0.1, -0.05) is 12.1 Å². The number of nitriles is 1. The molecule has 0 radical (unpaired) electrons. The van der Waals surface area contributed by atoms with Gasteiger partial charge in [0.05, 0.1) is 11.3 Å². The minimum Gasteiger partial charge on any atom is -0.382 e. The number of hydrogen-bond acceptors (Lipinski definition) is 7. The minimum atomic E-state index is -0.548. The predicted octanol–water partition coefficient (Wildman–Crippen LogP) is 3.24. The lowest BCUT2D eigenvalue weighted by Gasteiger charge is -2.35.